The number of nitrogens with zero attached hydrogens (tertiary/aromatic N) is 4. The summed E-state index contributed by atoms with van der Waals surface area (Å²) in [7, 11) is 0. The number of nitrogens with one attached hydrogen (secondary N) is 1. The second kappa shape index (κ2) is 7.64. The Morgan fingerprint density at radius 1 is 0.966 bits per heavy atom. The third-order valence-electron chi connectivity index (χ3n) is 5.50. The molecule has 0 radical (unpaired) electrons. The lowest BCUT2D eigenvalue weighted by Gasteiger charge is -2.32. The van der Waals surface area contributed by atoms with Gasteiger partial charge in [0.15, 0.2) is 0 Å². The first-order chi connectivity index (χ1) is 14.3. The van der Waals surface area contributed by atoms with Gasteiger partial charge in [-0.15, -0.1) is 0 Å². The highest BCUT2D eigenvalue weighted by atomic mass is 16.5. The van der Waals surface area contributed by atoms with E-state index in [1.54, 1.807) is 0 Å². The largest absolute Gasteiger partial charge is 0.361 e. The fourth-order valence-corrected chi connectivity index (χ4v) is 3.98. The van der Waals surface area contributed by atoms with E-state index in [9.17, 15) is 0 Å². The van der Waals surface area contributed by atoms with Crippen LogP contribution in [0.5, 0.6) is 0 Å². The second-order valence-corrected chi connectivity index (χ2v) is 7.60. The van der Waals surface area contributed by atoms with Gasteiger partial charge in [-0.3, -0.25) is 0 Å². The minimum absolute atomic E-state index is 0.818. The molecule has 0 saturated carbocycles. The van der Waals surface area contributed by atoms with E-state index in [-0.39, 0.29) is 0 Å². The topological polar surface area (TPSA) is 59.5 Å². The zero-order valence-corrected chi connectivity index (χ0v) is 16.5. The average Bonchev–Trinajstić information content (AvgIpc) is 3.18. The predicted molar refractivity (Wildman–Crippen MR) is 113 cm³/mol. The third-order valence-corrected chi connectivity index (χ3v) is 5.50. The molecular weight excluding hydrogens is 362 g/mol. The van der Waals surface area contributed by atoms with Crippen LogP contribution >= 0.6 is 0 Å². The van der Waals surface area contributed by atoms with Crippen LogP contribution in [0.2, 0.25) is 0 Å². The fraction of sp³-hybridized carbons (Fsp3) is 0.261. The number of aryl methyl sites for hydroxylation is 1. The molecular formula is C23H24N5O+. The Bertz CT molecular complexity index is 1120. The highest BCUT2D eigenvalue weighted by Crippen LogP contribution is 2.28. The van der Waals surface area contributed by atoms with Crippen molar-refractivity contribution in [1.29, 1.82) is 0 Å². The van der Waals surface area contributed by atoms with E-state index in [0.717, 1.165) is 72.3 Å². The van der Waals surface area contributed by atoms with Gasteiger partial charge >= 0.3 is 0 Å². The van der Waals surface area contributed by atoms with Crippen molar-refractivity contribution in [2.24, 2.45) is 0 Å². The molecule has 0 bridgehead atoms. The number of anilines is 1. The van der Waals surface area contributed by atoms with Gasteiger partial charge in [0.2, 0.25) is 5.95 Å². The maximum Gasteiger partial charge on any atom is 0.226 e. The average molecular weight is 386 g/mol. The van der Waals surface area contributed by atoms with Crippen molar-refractivity contribution >= 4 is 16.9 Å². The Balaban J connectivity index is 1.39. The summed E-state index contributed by atoms with van der Waals surface area (Å²) in [5.41, 5.74) is 4.14. The van der Waals surface area contributed by atoms with Gasteiger partial charge in [-0.05, 0) is 13.0 Å². The standard InChI is InChI=1S/C23H23N5O/c1-17-15-19(26-29-17)16-27-11-13-28(14-12-27)23-24-21-10-6-5-9-20(21)22(25-23)18-7-3-2-4-8-18/h2-10,15H,11-14,16H2,1H3/p+1. The lowest BCUT2D eigenvalue weighted by atomic mass is 10.1. The van der Waals surface area contributed by atoms with E-state index < -0.39 is 0 Å². The summed E-state index contributed by atoms with van der Waals surface area (Å²) < 4.78 is 5.20. The highest BCUT2D eigenvalue weighted by Gasteiger charge is 2.24. The number of piperazine rings is 1. The number of para-hydroxylation sites is 1. The maximum atomic E-state index is 5.20. The van der Waals surface area contributed by atoms with E-state index in [2.05, 4.69) is 46.5 Å². The first kappa shape index (κ1) is 17.8. The summed E-state index contributed by atoms with van der Waals surface area (Å²) in [4.78, 5) is 13.7. The summed E-state index contributed by atoms with van der Waals surface area (Å²) in [6, 6.07) is 20.6. The molecule has 0 unspecified atom stereocenters. The molecule has 1 saturated heterocycles. The monoisotopic (exact) mass is 386 g/mol. The normalized spacial score (nSPS) is 15.1. The van der Waals surface area contributed by atoms with Crippen LogP contribution in [0.25, 0.3) is 22.2 Å². The smallest absolute Gasteiger partial charge is 0.226 e. The molecule has 5 rings (SSSR count). The summed E-state index contributed by atoms with van der Waals surface area (Å²) in [6.45, 7) is 6.76. The summed E-state index contributed by atoms with van der Waals surface area (Å²) in [6.07, 6.45) is 0. The molecule has 1 N–H and O–H groups in total. The Kier molecular flexibility index (Phi) is 4.69. The Morgan fingerprint density at radius 3 is 2.48 bits per heavy atom. The van der Waals surface area contributed by atoms with Gasteiger partial charge in [-0.25, -0.2) is 9.97 Å². The Hall–Kier alpha value is -3.25. The molecule has 4 aromatic rings. The van der Waals surface area contributed by atoms with E-state index in [1.165, 1.54) is 4.90 Å². The molecule has 1 fully saturated rings. The van der Waals surface area contributed by atoms with Gasteiger partial charge in [0, 0.05) is 17.0 Å². The first-order valence-electron chi connectivity index (χ1n) is 10.1. The van der Waals surface area contributed by atoms with Gasteiger partial charge in [0.25, 0.3) is 0 Å². The van der Waals surface area contributed by atoms with E-state index in [4.69, 9.17) is 14.5 Å². The molecule has 0 aliphatic carbocycles. The quantitative estimate of drug-likeness (QED) is 0.584. The second-order valence-electron chi connectivity index (χ2n) is 7.60. The van der Waals surface area contributed by atoms with E-state index in [1.807, 2.05) is 31.2 Å². The number of benzene rings is 2. The molecule has 2 aromatic carbocycles. The van der Waals surface area contributed by atoms with Crippen LogP contribution in [-0.4, -0.2) is 41.3 Å². The van der Waals surface area contributed by atoms with Gasteiger partial charge in [-0.1, -0.05) is 53.7 Å². The van der Waals surface area contributed by atoms with Gasteiger partial charge in [-0.2, -0.15) is 0 Å². The number of quaternary nitrogens is 1. The lowest BCUT2D eigenvalue weighted by molar-refractivity contribution is -0.914. The van der Waals surface area contributed by atoms with Crippen LogP contribution in [0, 0.1) is 6.92 Å². The van der Waals surface area contributed by atoms with Crippen molar-refractivity contribution in [3.63, 3.8) is 0 Å². The molecule has 6 nitrogen and oxygen atoms in total. The van der Waals surface area contributed by atoms with Crippen LogP contribution in [-0.2, 0) is 6.54 Å². The fourth-order valence-electron chi connectivity index (χ4n) is 3.98. The summed E-state index contributed by atoms with van der Waals surface area (Å²) in [5.74, 6) is 1.69. The Morgan fingerprint density at radius 2 is 1.72 bits per heavy atom. The molecule has 2 aromatic heterocycles. The van der Waals surface area contributed by atoms with Gasteiger partial charge in [0.1, 0.15) is 18.0 Å². The van der Waals surface area contributed by atoms with Crippen molar-refractivity contribution in [3.8, 4) is 11.3 Å². The number of hydrogen-bond acceptors (Lipinski definition) is 5. The van der Waals surface area contributed by atoms with Gasteiger partial charge < -0.3 is 14.3 Å². The number of fused-ring (bicyclic) bond motifs is 1. The van der Waals surface area contributed by atoms with E-state index >= 15 is 0 Å². The van der Waals surface area contributed by atoms with Crippen LogP contribution in [0.15, 0.2) is 65.2 Å². The summed E-state index contributed by atoms with van der Waals surface area (Å²) in [5, 5.41) is 5.22. The zero-order valence-electron chi connectivity index (χ0n) is 16.5. The van der Waals surface area contributed by atoms with Crippen LogP contribution in [0.1, 0.15) is 11.5 Å². The molecule has 3 heterocycles. The van der Waals surface area contributed by atoms with E-state index in [0.29, 0.717) is 0 Å². The van der Waals surface area contributed by atoms with Crippen LogP contribution in [0.3, 0.4) is 0 Å². The maximum absolute atomic E-state index is 5.20. The highest BCUT2D eigenvalue weighted by molar-refractivity contribution is 5.93. The predicted octanol–water partition coefficient (Wildman–Crippen LogP) is 2.50. The molecule has 6 heteroatoms. The third kappa shape index (κ3) is 3.71. The molecule has 1 aliphatic rings. The minimum Gasteiger partial charge on any atom is -0.361 e. The molecule has 146 valence electrons. The van der Waals surface area contributed by atoms with Crippen LogP contribution < -0.4 is 9.80 Å². The summed E-state index contributed by atoms with van der Waals surface area (Å²) >= 11 is 0. The first-order valence-corrected chi connectivity index (χ1v) is 10.1. The van der Waals surface area contributed by atoms with Crippen molar-refractivity contribution < 1.29 is 9.42 Å². The zero-order chi connectivity index (χ0) is 19.6. The van der Waals surface area contributed by atoms with Crippen molar-refractivity contribution in [2.45, 2.75) is 13.5 Å². The SMILES string of the molecule is Cc1cc(C[NH+]2CCN(c3nc(-c4ccccc4)c4ccccc4n3)CC2)no1. The lowest BCUT2D eigenvalue weighted by Crippen LogP contribution is -3.13. The van der Waals surface area contributed by atoms with Crippen molar-refractivity contribution in [3.05, 3.63) is 72.1 Å². The Labute approximate surface area is 169 Å². The number of rotatable bonds is 4. The molecule has 0 spiro atoms. The van der Waals surface area contributed by atoms with Crippen molar-refractivity contribution in [2.75, 3.05) is 31.1 Å². The van der Waals surface area contributed by atoms with Crippen molar-refractivity contribution in [1.82, 2.24) is 15.1 Å². The number of hydrogen-bond donors (Lipinski definition) is 1. The van der Waals surface area contributed by atoms with Gasteiger partial charge in [0.05, 0.1) is 37.4 Å². The molecule has 0 amide bonds. The molecule has 1 aliphatic heterocycles. The molecule has 0 atom stereocenters. The van der Waals surface area contributed by atoms with Crippen LogP contribution in [0.4, 0.5) is 5.95 Å². The number of aromatic nitrogens is 3. The molecule has 29 heavy (non-hydrogen) atoms. The minimum atomic E-state index is 0.818.